The normalized spacial score (nSPS) is 12.7. The van der Waals surface area contributed by atoms with Crippen LogP contribution >= 0.6 is 0 Å². The zero-order valence-corrected chi connectivity index (χ0v) is 12.8. The summed E-state index contributed by atoms with van der Waals surface area (Å²) in [5, 5.41) is 7.96. The maximum absolute atomic E-state index is 4.43. The van der Waals surface area contributed by atoms with E-state index >= 15 is 0 Å². The lowest BCUT2D eigenvalue weighted by Gasteiger charge is -2.27. The van der Waals surface area contributed by atoms with E-state index in [2.05, 4.69) is 62.7 Å². The third kappa shape index (κ3) is 4.13. The molecule has 104 valence electrons. The first-order valence-electron chi connectivity index (χ1n) is 7.09. The molecule has 1 aromatic rings. The first kappa shape index (κ1) is 15.2. The molecule has 0 aliphatic heterocycles. The van der Waals surface area contributed by atoms with Crippen LogP contribution < -0.4 is 5.32 Å². The van der Waals surface area contributed by atoms with Crippen molar-refractivity contribution in [1.29, 1.82) is 0 Å². The van der Waals surface area contributed by atoms with Crippen molar-refractivity contribution >= 4 is 0 Å². The van der Waals surface area contributed by atoms with Gasteiger partial charge < -0.3 is 5.32 Å². The second-order valence-corrected chi connectivity index (χ2v) is 6.49. The van der Waals surface area contributed by atoms with Crippen molar-refractivity contribution in [2.45, 2.75) is 59.4 Å². The van der Waals surface area contributed by atoms with Crippen LogP contribution in [0.3, 0.4) is 0 Å². The summed E-state index contributed by atoms with van der Waals surface area (Å²) in [7, 11) is 0. The van der Waals surface area contributed by atoms with E-state index in [9.17, 15) is 0 Å². The molecule has 0 spiro atoms. The lowest BCUT2D eigenvalue weighted by Crippen LogP contribution is -2.30. The summed E-state index contributed by atoms with van der Waals surface area (Å²) >= 11 is 0. The molecule has 3 heteroatoms. The van der Waals surface area contributed by atoms with Crippen LogP contribution in [0.4, 0.5) is 0 Å². The van der Waals surface area contributed by atoms with Gasteiger partial charge in [0, 0.05) is 23.3 Å². The second kappa shape index (κ2) is 6.37. The Bertz CT molecular complexity index is 350. The van der Waals surface area contributed by atoms with E-state index in [1.54, 1.807) is 0 Å². The highest BCUT2D eigenvalue weighted by atomic mass is 15.3. The van der Waals surface area contributed by atoms with Gasteiger partial charge in [-0.1, -0.05) is 27.7 Å². The van der Waals surface area contributed by atoms with Crippen LogP contribution in [0.15, 0.2) is 12.3 Å². The number of aromatic nitrogens is 2. The summed E-state index contributed by atoms with van der Waals surface area (Å²) in [6, 6.07) is 2.58. The van der Waals surface area contributed by atoms with Gasteiger partial charge in [-0.3, -0.25) is 4.68 Å². The summed E-state index contributed by atoms with van der Waals surface area (Å²) in [5.74, 6) is 0.717. The van der Waals surface area contributed by atoms with Gasteiger partial charge in [0.25, 0.3) is 0 Å². The Kier molecular flexibility index (Phi) is 5.39. The highest BCUT2D eigenvalue weighted by Gasteiger charge is 2.24. The number of nitrogens with zero attached hydrogens (tertiary/aromatic N) is 2. The molecule has 0 atom stereocenters. The quantitative estimate of drug-likeness (QED) is 0.753. The summed E-state index contributed by atoms with van der Waals surface area (Å²) in [5.41, 5.74) is 1.51. The Labute approximate surface area is 112 Å². The van der Waals surface area contributed by atoms with Crippen molar-refractivity contribution in [1.82, 2.24) is 15.1 Å². The van der Waals surface area contributed by atoms with Crippen molar-refractivity contribution in [3.05, 3.63) is 18.0 Å². The molecule has 0 fully saturated rings. The number of rotatable bonds is 7. The van der Waals surface area contributed by atoms with E-state index in [0.29, 0.717) is 12.0 Å². The Morgan fingerprint density at radius 2 is 1.94 bits per heavy atom. The topological polar surface area (TPSA) is 29.9 Å². The minimum atomic E-state index is 0.171. The third-order valence-electron chi connectivity index (χ3n) is 3.33. The van der Waals surface area contributed by atoms with Crippen LogP contribution in [0.1, 0.15) is 59.7 Å². The fraction of sp³-hybridized carbons (Fsp3) is 0.800. The first-order valence-corrected chi connectivity index (χ1v) is 7.09. The van der Waals surface area contributed by atoms with E-state index in [4.69, 9.17) is 0 Å². The van der Waals surface area contributed by atoms with Crippen LogP contribution in [0, 0.1) is 5.92 Å². The van der Waals surface area contributed by atoms with Crippen LogP contribution in [-0.2, 0) is 5.41 Å². The van der Waals surface area contributed by atoms with Crippen molar-refractivity contribution in [3.63, 3.8) is 0 Å². The lowest BCUT2D eigenvalue weighted by molar-refractivity contribution is 0.389. The molecule has 3 nitrogen and oxygen atoms in total. The third-order valence-corrected chi connectivity index (χ3v) is 3.33. The van der Waals surface area contributed by atoms with Gasteiger partial charge in [0.05, 0.1) is 0 Å². The molecule has 0 saturated carbocycles. The monoisotopic (exact) mass is 251 g/mol. The van der Waals surface area contributed by atoms with Gasteiger partial charge in [0.2, 0.25) is 0 Å². The smallest absolute Gasteiger partial charge is 0.0492 e. The van der Waals surface area contributed by atoms with Crippen LogP contribution in [0.2, 0.25) is 0 Å². The molecule has 0 aliphatic carbocycles. The molecule has 1 N–H and O–H groups in total. The molecule has 1 rings (SSSR count). The Hall–Kier alpha value is -0.830. The lowest BCUT2D eigenvalue weighted by atomic mass is 9.85. The average molecular weight is 251 g/mol. The molecule has 0 aliphatic rings. The number of nitrogens with one attached hydrogen (secondary N) is 1. The maximum atomic E-state index is 4.43. The molecule has 18 heavy (non-hydrogen) atoms. The summed E-state index contributed by atoms with van der Waals surface area (Å²) in [4.78, 5) is 0. The molecule has 0 radical (unpaired) electrons. The Morgan fingerprint density at radius 1 is 1.28 bits per heavy atom. The van der Waals surface area contributed by atoms with Gasteiger partial charge in [-0.05, 0) is 45.3 Å². The Morgan fingerprint density at radius 3 is 2.50 bits per heavy atom. The van der Waals surface area contributed by atoms with Crippen LogP contribution in [0.25, 0.3) is 0 Å². The SMILES string of the molecule is CC(C)CNCCC(C)(C)c1ccnn1C(C)C. The minimum Gasteiger partial charge on any atom is -0.316 e. The molecule has 0 bridgehead atoms. The zero-order valence-electron chi connectivity index (χ0n) is 12.8. The largest absolute Gasteiger partial charge is 0.316 e. The summed E-state index contributed by atoms with van der Waals surface area (Å²) in [6.07, 6.45) is 3.05. The van der Waals surface area contributed by atoms with Gasteiger partial charge in [-0.25, -0.2) is 0 Å². The van der Waals surface area contributed by atoms with Gasteiger partial charge in [-0.2, -0.15) is 5.10 Å². The molecule has 1 aromatic heterocycles. The number of hydrogen-bond donors (Lipinski definition) is 1. The van der Waals surface area contributed by atoms with E-state index in [-0.39, 0.29) is 5.41 Å². The van der Waals surface area contributed by atoms with E-state index in [1.165, 1.54) is 5.69 Å². The summed E-state index contributed by atoms with van der Waals surface area (Å²) < 4.78 is 2.14. The molecular weight excluding hydrogens is 222 g/mol. The first-order chi connectivity index (χ1) is 8.34. The van der Waals surface area contributed by atoms with Crippen LogP contribution in [0.5, 0.6) is 0 Å². The standard InChI is InChI=1S/C15H29N3/c1-12(2)11-16-10-8-15(5,6)14-7-9-17-18(14)13(3)4/h7,9,12-13,16H,8,10-11H2,1-6H3. The van der Waals surface area contributed by atoms with E-state index < -0.39 is 0 Å². The van der Waals surface area contributed by atoms with Crippen molar-refractivity contribution in [2.75, 3.05) is 13.1 Å². The van der Waals surface area contributed by atoms with Crippen molar-refractivity contribution < 1.29 is 0 Å². The predicted molar refractivity (Wildman–Crippen MR) is 78.0 cm³/mol. The maximum Gasteiger partial charge on any atom is 0.0492 e. The van der Waals surface area contributed by atoms with E-state index in [0.717, 1.165) is 19.5 Å². The Balaban J connectivity index is 2.59. The van der Waals surface area contributed by atoms with Gasteiger partial charge in [-0.15, -0.1) is 0 Å². The van der Waals surface area contributed by atoms with E-state index in [1.807, 2.05) is 6.20 Å². The van der Waals surface area contributed by atoms with Gasteiger partial charge >= 0.3 is 0 Å². The van der Waals surface area contributed by atoms with Crippen molar-refractivity contribution in [2.24, 2.45) is 5.92 Å². The fourth-order valence-corrected chi connectivity index (χ4v) is 2.18. The molecule has 0 amide bonds. The molecule has 1 heterocycles. The van der Waals surface area contributed by atoms with Gasteiger partial charge in [0.15, 0.2) is 0 Å². The minimum absolute atomic E-state index is 0.171. The molecule has 0 unspecified atom stereocenters. The molecule has 0 saturated heterocycles. The highest BCUT2D eigenvalue weighted by Crippen LogP contribution is 2.28. The van der Waals surface area contributed by atoms with Gasteiger partial charge in [0.1, 0.15) is 0 Å². The van der Waals surface area contributed by atoms with Crippen molar-refractivity contribution in [3.8, 4) is 0 Å². The highest BCUT2D eigenvalue weighted by molar-refractivity contribution is 5.14. The molecule has 0 aromatic carbocycles. The van der Waals surface area contributed by atoms with Crippen LogP contribution in [-0.4, -0.2) is 22.9 Å². The second-order valence-electron chi connectivity index (χ2n) is 6.49. The predicted octanol–water partition coefficient (Wildman–Crippen LogP) is 3.38. The number of hydrogen-bond acceptors (Lipinski definition) is 2. The average Bonchev–Trinajstić information content (AvgIpc) is 2.73. The summed E-state index contributed by atoms with van der Waals surface area (Å²) in [6.45, 7) is 15.6. The fourth-order valence-electron chi connectivity index (χ4n) is 2.18. The zero-order chi connectivity index (χ0) is 13.8. The molecular formula is C15H29N3.